The van der Waals surface area contributed by atoms with Crippen LogP contribution in [0.15, 0.2) is 59.1 Å². The van der Waals surface area contributed by atoms with Gasteiger partial charge < -0.3 is 14.2 Å². The predicted octanol–water partition coefficient (Wildman–Crippen LogP) is 4.71. The topological polar surface area (TPSA) is 55.6 Å². The summed E-state index contributed by atoms with van der Waals surface area (Å²) < 4.78 is 10.7. The van der Waals surface area contributed by atoms with Gasteiger partial charge in [0.15, 0.2) is 5.76 Å². The van der Waals surface area contributed by atoms with Gasteiger partial charge in [0.25, 0.3) is 5.91 Å². The van der Waals surface area contributed by atoms with Crippen LogP contribution in [0.2, 0.25) is 0 Å². The minimum atomic E-state index is 0.00257. The van der Waals surface area contributed by atoms with E-state index in [1.807, 2.05) is 61.5 Å². The molecule has 0 atom stereocenters. The van der Waals surface area contributed by atoms with Crippen LogP contribution in [0.3, 0.4) is 0 Å². The van der Waals surface area contributed by atoms with Crippen molar-refractivity contribution in [2.24, 2.45) is 0 Å². The molecule has 0 unspecified atom stereocenters. The molecule has 5 heteroatoms. The van der Waals surface area contributed by atoms with Crippen LogP contribution in [0.1, 0.15) is 35.0 Å². The van der Waals surface area contributed by atoms with Gasteiger partial charge >= 0.3 is 0 Å². The predicted molar refractivity (Wildman–Crippen MR) is 105 cm³/mol. The van der Waals surface area contributed by atoms with Crippen LogP contribution in [-0.4, -0.2) is 29.6 Å². The summed E-state index contributed by atoms with van der Waals surface area (Å²) in [7, 11) is 1.63. The third kappa shape index (κ3) is 4.56. The van der Waals surface area contributed by atoms with Crippen LogP contribution < -0.4 is 4.74 Å². The van der Waals surface area contributed by atoms with Gasteiger partial charge in [-0.25, -0.2) is 0 Å². The zero-order valence-corrected chi connectivity index (χ0v) is 15.9. The second kappa shape index (κ2) is 8.54. The Hall–Kier alpha value is -3.08. The molecule has 1 amide bonds. The zero-order chi connectivity index (χ0) is 19.2. The lowest BCUT2D eigenvalue weighted by Gasteiger charge is -2.21. The lowest BCUT2D eigenvalue weighted by atomic mass is 10.1. The number of rotatable bonds is 7. The Morgan fingerprint density at radius 3 is 2.63 bits per heavy atom. The maximum Gasteiger partial charge on any atom is 0.254 e. The number of hydrogen-bond donors (Lipinski definition) is 0. The Kier molecular flexibility index (Phi) is 5.91. The van der Waals surface area contributed by atoms with Gasteiger partial charge in [-0.3, -0.25) is 4.79 Å². The molecule has 0 aliphatic heterocycles. The van der Waals surface area contributed by atoms with E-state index in [1.165, 1.54) is 0 Å². The van der Waals surface area contributed by atoms with Gasteiger partial charge in [0.2, 0.25) is 0 Å². The number of ether oxygens (including phenoxy) is 1. The van der Waals surface area contributed by atoms with Gasteiger partial charge in [-0.1, -0.05) is 41.9 Å². The maximum absolute atomic E-state index is 12.9. The highest BCUT2D eigenvalue weighted by atomic mass is 16.5. The fraction of sp³-hybridized carbons (Fsp3) is 0.273. The largest absolute Gasteiger partial charge is 0.497 e. The van der Waals surface area contributed by atoms with Crippen LogP contribution in [0, 0.1) is 6.92 Å². The van der Waals surface area contributed by atoms with Crippen molar-refractivity contribution in [1.29, 1.82) is 0 Å². The standard InChI is InChI=1S/C22H24N2O3/c1-4-12-24(22(25)17-10-8-16(2)9-11-17)15-19-14-21(27-23-19)18-6-5-7-20(13-18)26-3/h5-11,13-14H,4,12,15H2,1-3H3. The van der Waals surface area contributed by atoms with Crippen molar-refractivity contribution in [2.75, 3.05) is 13.7 Å². The van der Waals surface area contributed by atoms with E-state index in [0.29, 0.717) is 24.4 Å². The molecule has 0 N–H and O–H groups in total. The molecule has 0 bridgehead atoms. The lowest BCUT2D eigenvalue weighted by molar-refractivity contribution is 0.0739. The van der Waals surface area contributed by atoms with Crippen LogP contribution >= 0.6 is 0 Å². The number of aromatic nitrogens is 1. The fourth-order valence-electron chi connectivity index (χ4n) is 2.90. The monoisotopic (exact) mass is 364 g/mol. The minimum absolute atomic E-state index is 0.00257. The van der Waals surface area contributed by atoms with E-state index in [4.69, 9.17) is 9.26 Å². The van der Waals surface area contributed by atoms with E-state index in [-0.39, 0.29) is 5.91 Å². The normalized spacial score (nSPS) is 10.6. The van der Waals surface area contributed by atoms with Crippen molar-refractivity contribution in [3.05, 3.63) is 71.4 Å². The molecule has 3 rings (SSSR count). The minimum Gasteiger partial charge on any atom is -0.497 e. The molecule has 3 aromatic rings. The van der Waals surface area contributed by atoms with E-state index in [2.05, 4.69) is 12.1 Å². The number of carbonyl (C=O) groups is 1. The molecule has 5 nitrogen and oxygen atoms in total. The summed E-state index contributed by atoms with van der Waals surface area (Å²) in [6, 6.07) is 17.1. The first-order valence-corrected chi connectivity index (χ1v) is 9.06. The van der Waals surface area contributed by atoms with E-state index in [0.717, 1.165) is 29.0 Å². The van der Waals surface area contributed by atoms with Crippen molar-refractivity contribution >= 4 is 5.91 Å². The molecule has 0 aliphatic carbocycles. The smallest absolute Gasteiger partial charge is 0.254 e. The van der Waals surface area contributed by atoms with Crippen molar-refractivity contribution in [1.82, 2.24) is 10.1 Å². The SMILES string of the molecule is CCCN(Cc1cc(-c2cccc(OC)c2)on1)C(=O)c1ccc(C)cc1. The molecule has 1 aromatic heterocycles. The number of carbonyl (C=O) groups excluding carboxylic acids is 1. The first-order valence-electron chi connectivity index (χ1n) is 9.06. The number of hydrogen-bond acceptors (Lipinski definition) is 4. The number of aryl methyl sites for hydroxylation is 1. The molecule has 2 aromatic carbocycles. The van der Waals surface area contributed by atoms with Crippen molar-refractivity contribution in [3.63, 3.8) is 0 Å². The molecular weight excluding hydrogens is 340 g/mol. The number of amides is 1. The molecule has 0 saturated heterocycles. The van der Waals surface area contributed by atoms with Gasteiger partial charge in [0.05, 0.1) is 13.7 Å². The maximum atomic E-state index is 12.9. The molecule has 0 saturated carbocycles. The third-order valence-corrected chi connectivity index (χ3v) is 4.35. The van der Waals surface area contributed by atoms with Gasteiger partial charge in [-0.2, -0.15) is 0 Å². The first kappa shape index (κ1) is 18.7. The summed E-state index contributed by atoms with van der Waals surface area (Å²) in [6.45, 7) is 5.13. The van der Waals surface area contributed by atoms with Crippen molar-refractivity contribution < 1.29 is 14.1 Å². The summed E-state index contributed by atoms with van der Waals surface area (Å²) in [4.78, 5) is 14.7. The van der Waals surface area contributed by atoms with Gasteiger partial charge in [0.1, 0.15) is 11.4 Å². The van der Waals surface area contributed by atoms with E-state index < -0.39 is 0 Å². The second-order valence-corrected chi connectivity index (χ2v) is 6.51. The summed E-state index contributed by atoms with van der Waals surface area (Å²) in [5, 5.41) is 4.15. The van der Waals surface area contributed by atoms with E-state index in [9.17, 15) is 4.79 Å². The highest BCUT2D eigenvalue weighted by Gasteiger charge is 2.18. The number of methoxy groups -OCH3 is 1. The second-order valence-electron chi connectivity index (χ2n) is 6.51. The van der Waals surface area contributed by atoms with Crippen molar-refractivity contribution in [2.45, 2.75) is 26.8 Å². The Morgan fingerprint density at radius 2 is 1.93 bits per heavy atom. The molecule has 27 heavy (non-hydrogen) atoms. The fourth-order valence-corrected chi connectivity index (χ4v) is 2.90. The third-order valence-electron chi connectivity index (χ3n) is 4.35. The van der Waals surface area contributed by atoms with Crippen LogP contribution in [-0.2, 0) is 6.54 Å². The van der Waals surface area contributed by atoms with Crippen LogP contribution in [0.5, 0.6) is 5.75 Å². The Labute approximate surface area is 159 Å². The molecule has 1 heterocycles. The lowest BCUT2D eigenvalue weighted by Crippen LogP contribution is -2.31. The van der Waals surface area contributed by atoms with E-state index in [1.54, 1.807) is 12.0 Å². The highest BCUT2D eigenvalue weighted by Crippen LogP contribution is 2.25. The number of nitrogens with zero attached hydrogens (tertiary/aromatic N) is 2. The molecule has 0 fully saturated rings. The average molecular weight is 364 g/mol. The summed E-state index contributed by atoms with van der Waals surface area (Å²) in [6.07, 6.45) is 0.873. The molecule has 0 radical (unpaired) electrons. The van der Waals surface area contributed by atoms with E-state index >= 15 is 0 Å². The summed E-state index contributed by atoms with van der Waals surface area (Å²) in [5.74, 6) is 1.42. The molecule has 140 valence electrons. The summed E-state index contributed by atoms with van der Waals surface area (Å²) >= 11 is 0. The number of benzene rings is 2. The summed E-state index contributed by atoms with van der Waals surface area (Å²) in [5.41, 5.74) is 3.43. The Morgan fingerprint density at radius 1 is 1.15 bits per heavy atom. The molecule has 0 spiro atoms. The average Bonchev–Trinajstić information content (AvgIpc) is 3.16. The van der Waals surface area contributed by atoms with Crippen molar-refractivity contribution in [3.8, 4) is 17.1 Å². The van der Waals surface area contributed by atoms with Gasteiger partial charge in [-0.15, -0.1) is 0 Å². The van der Waals surface area contributed by atoms with Gasteiger partial charge in [-0.05, 0) is 37.6 Å². The Bertz CT molecular complexity index is 900. The molecule has 0 aliphatic rings. The van der Waals surface area contributed by atoms with Crippen LogP contribution in [0.4, 0.5) is 0 Å². The highest BCUT2D eigenvalue weighted by molar-refractivity contribution is 5.94. The molecular formula is C22H24N2O3. The van der Waals surface area contributed by atoms with Crippen LogP contribution in [0.25, 0.3) is 11.3 Å². The van der Waals surface area contributed by atoms with Gasteiger partial charge in [0, 0.05) is 23.7 Å². The zero-order valence-electron chi connectivity index (χ0n) is 15.9. The first-order chi connectivity index (χ1) is 13.1. The Balaban J connectivity index is 1.78. The quantitative estimate of drug-likeness (QED) is 0.609.